The molecule has 0 aromatic rings. The van der Waals surface area contributed by atoms with Gasteiger partial charge in [-0.15, -0.1) is 0 Å². The highest BCUT2D eigenvalue weighted by Crippen LogP contribution is 2.29. The number of nitrogens with zero attached hydrogens (tertiary/aromatic N) is 1. The van der Waals surface area contributed by atoms with E-state index < -0.39 is 0 Å². The van der Waals surface area contributed by atoms with Crippen molar-refractivity contribution in [3.63, 3.8) is 0 Å². The van der Waals surface area contributed by atoms with Crippen LogP contribution in [0.1, 0.15) is 52.9 Å². The molecule has 0 spiro atoms. The molecule has 5 atom stereocenters. The number of hydrogen-bond acceptors (Lipinski definition) is 3. The molecule has 1 amide bonds. The topological polar surface area (TPSA) is 58.4 Å². The normalized spacial score (nSPS) is 38.2. The molecule has 2 fully saturated rings. The van der Waals surface area contributed by atoms with Gasteiger partial charge in [-0.1, -0.05) is 33.6 Å². The van der Waals surface area contributed by atoms with Crippen LogP contribution in [0.25, 0.3) is 0 Å². The smallest absolute Gasteiger partial charge is 0.234 e. The van der Waals surface area contributed by atoms with Gasteiger partial charge in [0.15, 0.2) is 0 Å². The fourth-order valence-electron chi connectivity index (χ4n) is 3.98. The summed E-state index contributed by atoms with van der Waals surface area (Å²) in [6.45, 7) is 9.05. The minimum Gasteiger partial charge on any atom is -0.352 e. The molecule has 0 bridgehead atoms. The Kier molecular flexibility index (Phi) is 6.06. The van der Waals surface area contributed by atoms with Crippen LogP contribution in [-0.4, -0.2) is 42.5 Å². The van der Waals surface area contributed by atoms with Gasteiger partial charge in [0.25, 0.3) is 0 Å². The number of piperidine rings is 1. The number of carbonyl (C=O) groups is 1. The summed E-state index contributed by atoms with van der Waals surface area (Å²) in [5, 5.41) is 3.28. The number of likely N-dealkylation sites (tertiary alicyclic amines) is 1. The van der Waals surface area contributed by atoms with Crippen molar-refractivity contribution in [1.82, 2.24) is 10.2 Å². The van der Waals surface area contributed by atoms with Crippen molar-refractivity contribution in [2.24, 2.45) is 23.5 Å². The van der Waals surface area contributed by atoms with E-state index in [0.29, 0.717) is 31.1 Å². The Labute approximate surface area is 129 Å². The maximum Gasteiger partial charge on any atom is 0.234 e. The van der Waals surface area contributed by atoms with Crippen molar-refractivity contribution in [2.75, 3.05) is 19.6 Å². The third kappa shape index (κ3) is 4.43. The lowest BCUT2D eigenvalue weighted by Crippen LogP contribution is -2.52. The summed E-state index contributed by atoms with van der Waals surface area (Å²) in [4.78, 5) is 14.7. The van der Waals surface area contributed by atoms with Crippen LogP contribution in [0, 0.1) is 17.8 Å². The van der Waals surface area contributed by atoms with Gasteiger partial charge in [0.1, 0.15) is 0 Å². The molecule has 1 saturated carbocycles. The van der Waals surface area contributed by atoms with Crippen LogP contribution in [0.2, 0.25) is 0 Å². The summed E-state index contributed by atoms with van der Waals surface area (Å²) >= 11 is 0. The average molecular weight is 295 g/mol. The number of nitrogens with two attached hydrogens (primary N) is 1. The van der Waals surface area contributed by atoms with Crippen molar-refractivity contribution in [2.45, 2.75) is 65.0 Å². The number of carbonyl (C=O) groups excluding carboxylic acids is 1. The lowest BCUT2D eigenvalue weighted by atomic mass is 9.78. The molecular formula is C17H33N3O. The molecule has 0 aromatic carbocycles. The summed E-state index contributed by atoms with van der Waals surface area (Å²) in [5.74, 6) is 2.23. The molecule has 4 nitrogen and oxygen atoms in total. The fourth-order valence-corrected chi connectivity index (χ4v) is 3.98. The SMILES string of the molecule is CC1CCN(CC(=O)NC2CCCC(C)C2C)C(CN)C1. The molecule has 122 valence electrons. The molecule has 1 saturated heterocycles. The van der Waals surface area contributed by atoms with E-state index >= 15 is 0 Å². The first-order valence-corrected chi connectivity index (χ1v) is 8.74. The standard InChI is InChI=1S/C17H33N3O/c1-12-7-8-20(15(9-12)10-18)11-17(21)19-16-6-4-5-13(2)14(16)3/h12-16H,4-11,18H2,1-3H3,(H,19,21). The first kappa shape index (κ1) is 16.8. The van der Waals surface area contributed by atoms with Gasteiger partial charge >= 0.3 is 0 Å². The molecule has 1 aliphatic carbocycles. The maximum absolute atomic E-state index is 12.4. The lowest BCUT2D eigenvalue weighted by Gasteiger charge is -2.39. The summed E-state index contributed by atoms with van der Waals surface area (Å²) in [6, 6.07) is 0.739. The molecular weight excluding hydrogens is 262 g/mol. The van der Waals surface area contributed by atoms with Crippen LogP contribution in [0.15, 0.2) is 0 Å². The Morgan fingerprint density at radius 3 is 2.71 bits per heavy atom. The minimum absolute atomic E-state index is 0.189. The van der Waals surface area contributed by atoms with E-state index in [1.54, 1.807) is 0 Å². The summed E-state index contributed by atoms with van der Waals surface area (Å²) in [6.07, 6.45) is 5.98. The molecule has 0 radical (unpaired) electrons. The van der Waals surface area contributed by atoms with Gasteiger partial charge in [0.05, 0.1) is 6.54 Å². The van der Waals surface area contributed by atoms with E-state index in [2.05, 4.69) is 31.0 Å². The monoisotopic (exact) mass is 295 g/mol. The highest BCUT2D eigenvalue weighted by Gasteiger charge is 2.30. The first-order chi connectivity index (χ1) is 10.0. The maximum atomic E-state index is 12.4. The molecule has 1 heterocycles. The van der Waals surface area contributed by atoms with Gasteiger partial charge in [0.2, 0.25) is 5.91 Å². The molecule has 3 N–H and O–H groups in total. The Bertz CT molecular complexity index is 347. The zero-order valence-electron chi connectivity index (χ0n) is 14.0. The highest BCUT2D eigenvalue weighted by molar-refractivity contribution is 5.78. The fraction of sp³-hybridized carbons (Fsp3) is 0.941. The quantitative estimate of drug-likeness (QED) is 0.834. The predicted octanol–water partition coefficient (Wildman–Crippen LogP) is 1.99. The predicted molar refractivity (Wildman–Crippen MR) is 86.9 cm³/mol. The number of rotatable bonds is 4. The van der Waals surface area contributed by atoms with E-state index in [0.717, 1.165) is 31.2 Å². The Balaban J connectivity index is 1.83. The van der Waals surface area contributed by atoms with Gasteiger partial charge < -0.3 is 11.1 Å². The molecule has 2 rings (SSSR count). The van der Waals surface area contributed by atoms with Crippen molar-refractivity contribution in [3.8, 4) is 0 Å². The van der Waals surface area contributed by atoms with Gasteiger partial charge in [-0.2, -0.15) is 0 Å². The molecule has 0 aromatic heterocycles. The number of amides is 1. The van der Waals surface area contributed by atoms with Gasteiger partial charge in [-0.25, -0.2) is 0 Å². The molecule has 21 heavy (non-hydrogen) atoms. The summed E-state index contributed by atoms with van der Waals surface area (Å²) in [7, 11) is 0. The van der Waals surface area contributed by atoms with Crippen LogP contribution in [-0.2, 0) is 4.79 Å². The van der Waals surface area contributed by atoms with Crippen molar-refractivity contribution in [1.29, 1.82) is 0 Å². The summed E-state index contributed by atoms with van der Waals surface area (Å²) in [5.41, 5.74) is 5.88. The van der Waals surface area contributed by atoms with E-state index in [1.165, 1.54) is 19.3 Å². The van der Waals surface area contributed by atoms with Crippen LogP contribution in [0.5, 0.6) is 0 Å². The first-order valence-electron chi connectivity index (χ1n) is 8.74. The second kappa shape index (κ2) is 7.59. The average Bonchev–Trinajstić information content (AvgIpc) is 2.45. The van der Waals surface area contributed by atoms with E-state index in [9.17, 15) is 4.79 Å². The van der Waals surface area contributed by atoms with Crippen LogP contribution in [0.4, 0.5) is 0 Å². The third-order valence-electron chi connectivity index (χ3n) is 5.77. The van der Waals surface area contributed by atoms with E-state index in [-0.39, 0.29) is 5.91 Å². The second-order valence-electron chi connectivity index (χ2n) is 7.43. The zero-order chi connectivity index (χ0) is 15.4. The number of hydrogen-bond donors (Lipinski definition) is 2. The summed E-state index contributed by atoms with van der Waals surface area (Å²) < 4.78 is 0. The Morgan fingerprint density at radius 1 is 1.24 bits per heavy atom. The van der Waals surface area contributed by atoms with Gasteiger partial charge in [0, 0.05) is 18.6 Å². The van der Waals surface area contributed by atoms with Gasteiger partial charge in [-0.05, 0) is 43.6 Å². The zero-order valence-corrected chi connectivity index (χ0v) is 14.0. The van der Waals surface area contributed by atoms with Crippen LogP contribution in [0.3, 0.4) is 0 Å². The molecule has 2 aliphatic rings. The Hall–Kier alpha value is -0.610. The van der Waals surface area contributed by atoms with E-state index in [4.69, 9.17) is 5.73 Å². The highest BCUT2D eigenvalue weighted by atomic mass is 16.2. The van der Waals surface area contributed by atoms with Crippen molar-refractivity contribution < 1.29 is 4.79 Å². The molecule has 4 heteroatoms. The minimum atomic E-state index is 0.189. The molecule has 1 aliphatic heterocycles. The van der Waals surface area contributed by atoms with Gasteiger partial charge in [-0.3, -0.25) is 9.69 Å². The second-order valence-corrected chi connectivity index (χ2v) is 7.43. The van der Waals surface area contributed by atoms with Crippen LogP contribution >= 0.6 is 0 Å². The Morgan fingerprint density at radius 2 is 2.00 bits per heavy atom. The number of nitrogens with one attached hydrogen (secondary N) is 1. The van der Waals surface area contributed by atoms with Crippen molar-refractivity contribution in [3.05, 3.63) is 0 Å². The van der Waals surface area contributed by atoms with Crippen molar-refractivity contribution >= 4 is 5.91 Å². The van der Waals surface area contributed by atoms with Crippen LogP contribution < -0.4 is 11.1 Å². The third-order valence-corrected chi connectivity index (χ3v) is 5.77. The largest absolute Gasteiger partial charge is 0.352 e. The van der Waals surface area contributed by atoms with E-state index in [1.807, 2.05) is 0 Å². The molecule has 5 unspecified atom stereocenters. The lowest BCUT2D eigenvalue weighted by molar-refractivity contribution is -0.124.